The molecule has 0 fully saturated rings. The molecule has 0 saturated carbocycles. The molecule has 0 aliphatic rings. The molecule has 0 bridgehead atoms. The highest BCUT2D eigenvalue weighted by atomic mass is 79.9. The van der Waals surface area contributed by atoms with E-state index in [9.17, 15) is 9.59 Å². The average Bonchev–Trinajstić information content (AvgIpc) is 2.27. The second kappa shape index (κ2) is 7.40. The molecule has 0 spiro atoms. The molecule has 0 saturated heterocycles. The number of ether oxygens (including phenoxy) is 1. The van der Waals surface area contributed by atoms with Crippen LogP contribution in [0.2, 0.25) is 0 Å². The molecule has 0 radical (unpaired) electrons. The van der Waals surface area contributed by atoms with Gasteiger partial charge in [-0.2, -0.15) is 0 Å². The lowest BCUT2D eigenvalue weighted by atomic mass is 10.2. The summed E-state index contributed by atoms with van der Waals surface area (Å²) in [6.07, 6.45) is 0. The van der Waals surface area contributed by atoms with Gasteiger partial charge in [0, 0.05) is 15.9 Å². The molecule has 0 atom stereocenters. The van der Waals surface area contributed by atoms with Crippen LogP contribution in [0.5, 0.6) is 0 Å². The van der Waals surface area contributed by atoms with E-state index in [1.54, 1.807) is 18.2 Å². The maximum Gasteiger partial charge on any atom is 0.252 e. The van der Waals surface area contributed by atoms with Gasteiger partial charge in [0.15, 0.2) is 0 Å². The molecule has 1 aromatic carbocycles. The van der Waals surface area contributed by atoms with Crippen LogP contribution >= 0.6 is 28.6 Å². The quantitative estimate of drug-likeness (QED) is 0.536. The summed E-state index contributed by atoms with van der Waals surface area (Å²) >= 11 is 7.50. The van der Waals surface area contributed by atoms with Crippen molar-refractivity contribution in [3.63, 3.8) is 0 Å². The fourth-order valence-corrected chi connectivity index (χ4v) is 2.05. The van der Waals surface area contributed by atoms with E-state index in [1.165, 1.54) is 0 Å². The lowest BCUT2D eigenvalue weighted by Crippen LogP contribution is -2.29. The second-order valence-corrected chi connectivity index (χ2v) is 4.83. The summed E-state index contributed by atoms with van der Waals surface area (Å²) in [6, 6.07) is 5.17. The summed E-state index contributed by atoms with van der Waals surface area (Å²) in [5.41, 5.74) is 5.38. The van der Waals surface area contributed by atoms with Gasteiger partial charge in [-0.05, 0) is 18.2 Å². The van der Waals surface area contributed by atoms with E-state index >= 15 is 0 Å². The van der Waals surface area contributed by atoms with E-state index in [0.29, 0.717) is 17.0 Å². The number of benzene rings is 1. The SMILES string of the molecule is NC(=O)COCCNC(=O)c1ccc(Br)cc1S. The van der Waals surface area contributed by atoms with E-state index in [0.717, 1.165) is 4.47 Å². The molecule has 3 N–H and O–H groups in total. The summed E-state index contributed by atoms with van der Waals surface area (Å²) in [6.45, 7) is 0.383. The van der Waals surface area contributed by atoms with Crippen LogP contribution in [0.1, 0.15) is 10.4 Å². The van der Waals surface area contributed by atoms with Crippen LogP contribution < -0.4 is 11.1 Å². The molecule has 2 amide bonds. The first-order valence-corrected chi connectivity index (χ1v) is 6.37. The fourth-order valence-electron chi connectivity index (χ4n) is 1.20. The van der Waals surface area contributed by atoms with Crippen molar-refractivity contribution in [3.05, 3.63) is 28.2 Å². The Hall–Kier alpha value is -1.05. The van der Waals surface area contributed by atoms with Gasteiger partial charge in [-0.1, -0.05) is 15.9 Å². The number of carbonyl (C=O) groups is 2. The first-order valence-electron chi connectivity index (χ1n) is 5.13. The number of nitrogens with two attached hydrogens (primary N) is 1. The minimum absolute atomic E-state index is 0.147. The minimum Gasteiger partial charge on any atom is -0.370 e. The van der Waals surface area contributed by atoms with Gasteiger partial charge in [-0.25, -0.2) is 0 Å². The Kier molecular flexibility index (Phi) is 6.17. The number of halogens is 1. The van der Waals surface area contributed by atoms with E-state index < -0.39 is 5.91 Å². The molecule has 1 rings (SSSR count). The van der Waals surface area contributed by atoms with E-state index in [2.05, 4.69) is 33.9 Å². The standard InChI is InChI=1S/C11H13BrN2O3S/c12-7-1-2-8(9(18)5-7)11(16)14-3-4-17-6-10(13)15/h1-2,5,18H,3-4,6H2,(H2,13,15)(H,14,16). The van der Waals surface area contributed by atoms with Gasteiger partial charge in [0.2, 0.25) is 5.91 Å². The largest absolute Gasteiger partial charge is 0.370 e. The van der Waals surface area contributed by atoms with Crippen molar-refractivity contribution in [2.75, 3.05) is 19.8 Å². The van der Waals surface area contributed by atoms with Crippen LogP contribution in [0.3, 0.4) is 0 Å². The van der Waals surface area contributed by atoms with Gasteiger partial charge in [-0.15, -0.1) is 12.6 Å². The van der Waals surface area contributed by atoms with Gasteiger partial charge in [0.05, 0.1) is 12.2 Å². The van der Waals surface area contributed by atoms with Gasteiger partial charge < -0.3 is 15.8 Å². The van der Waals surface area contributed by atoms with Gasteiger partial charge >= 0.3 is 0 Å². The monoisotopic (exact) mass is 332 g/mol. The zero-order valence-electron chi connectivity index (χ0n) is 9.48. The maximum absolute atomic E-state index is 11.8. The third-order valence-electron chi connectivity index (χ3n) is 1.98. The van der Waals surface area contributed by atoms with E-state index in [1.807, 2.05) is 0 Å². The summed E-state index contributed by atoms with van der Waals surface area (Å²) in [4.78, 5) is 22.7. The van der Waals surface area contributed by atoms with Crippen molar-refractivity contribution in [1.29, 1.82) is 0 Å². The highest BCUT2D eigenvalue weighted by Crippen LogP contribution is 2.19. The number of carbonyl (C=O) groups excluding carboxylic acids is 2. The molecule has 98 valence electrons. The number of primary amides is 1. The van der Waals surface area contributed by atoms with Crippen LogP contribution in [0.25, 0.3) is 0 Å². The fraction of sp³-hybridized carbons (Fsp3) is 0.273. The predicted octanol–water partition coefficient (Wildman–Crippen LogP) is 0.970. The van der Waals surface area contributed by atoms with Gasteiger partial charge in [0.25, 0.3) is 5.91 Å². The Bertz CT molecular complexity index is 454. The highest BCUT2D eigenvalue weighted by molar-refractivity contribution is 9.10. The predicted molar refractivity (Wildman–Crippen MR) is 73.7 cm³/mol. The molecular weight excluding hydrogens is 320 g/mol. The Labute approximate surface area is 119 Å². The van der Waals surface area contributed by atoms with Crippen LogP contribution in [0, 0.1) is 0 Å². The number of hydrogen-bond acceptors (Lipinski definition) is 4. The molecule has 0 unspecified atom stereocenters. The molecule has 0 aliphatic carbocycles. The van der Waals surface area contributed by atoms with Gasteiger partial charge in [-0.3, -0.25) is 9.59 Å². The van der Waals surface area contributed by atoms with E-state index in [-0.39, 0.29) is 19.1 Å². The van der Waals surface area contributed by atoms with Crippen molar-refractivity contribution in [3.8, 4) is 0 Å². The molecule has 5 nitrogen and oxygen atoms in total. The number of rotatable bonds is 6. The molecule has 0 aromatic heterocycles. The van der Waals surface area contributed by atoms with Crippen molar-refractivity contribution < 1.29 is 14.3 Å². The Balaban J connectivity index is 2.39. The van der Waals surface area contributed by atoms with Crippen molar-refractivity contribution in [2.24, 2.45) is 5.73 Å². The number of amides is 2. The number of nitrogens with one attached hydrogen (secondary N) is 1. The summed E-state index contributed by atoms with van der Waals surface area (Å²) in [5.74, 6) is -0.776. The van der Waals surface area contributed by atoms with Gasteiger partial charge in [0.1, 0.15) is 6.61 Å². The lowest BCUT2D eigenvalue weighted by molar-refractivity contribution is -0.122. The summed E-state index contributed by atoms with van der Waals surface area (Å²) < 4.78 is 5.77. The van der Waals surface area contributed by atoms with Crippen LogP contribution in [-0.2, 0) is 9.53 Å². The molecule has 18 heavy (non-hydrogen) atoms. The Morgan fingerprint density at radius 3 is 2.78 bits per heavy atom. The van der Waals surface area contributed by atoms with E-state index in [4.69, 9.17) is 10.5 Å². The van der Waals surface area contributed by atoms with Crippen molar-refractivity contribution >= 4 is 40.4 Å². The summed E-state index contributed by atoms with van der Waals surface area (Å²) in [5, 5.41) is 2.65. The van der Waals surface area contributed by atoms with Crippen LogP contribution in [-0.4, -0.2) is 31.6 Å². The first kappa shape index (κ1) is 15.0. The second-order valence-electron chi connectivity index (χ2n) is 3.44. The number of hydrogen-bond donors (Lipinski definition) is 3. The Morgan fingerprint density at radius 2 is 2.17 bits per heavy atom. The molecule has 1 aromatic rings. The minimum atomic E-state index is -0.535. The zero-order chi connectivity index (χ0) is 13.5. The average molecular weight is 333 g/mol. The third kappa shape index (κ3) is 5.07. The number of thiol groups is 1. The molecule has 0 heterocycles. The maximum atomic E-state index is 11.8. The van der Waals surface area contributed by atoms with Crippen LogP contribution in [0.4, 0.5) is 0 Å². The molecule has 7 heteroatoms. The topological polar surface area (TPSA) is 81.4 Å². The first-order chi connectivity index (χ1) is 8.50. The highest BCUT2D eigenvalue weighted by Gasteiger charge is 2.08. The molecular formula is C11H13BrN2O3S. The van der Waals surface area contributed by atoms with Crippen molar-refractivity contribution in [1.82, 2.24) is 5.32 Å². The normalized spacial score (nSPS) is 10.1. The van der Waals surface area contributed by atoms with Crippen molar-refractivity contribution in [2.45, 2.75) is 4.90 Å². The van der Waals surface area contributed by atoms with Crippen LogP contribution in [0.15, 0.2) is 27.6 Å². The lowest BCUT2D eigenvalue weighted by Gasteiger charge is -2.07. The Morgan fingerprint density at radius 1 is 1.44 bits per heavy atom. The third-order valence-corrected chi connectivity index (χ3v) is 2.84. The smallest absolute Gasteiger partial charge is 0.252 e. The summed E-state index contributed by atoms with van der Waals surface area (Å²) in [7, 11) is 0. The zero-order valence-corrected chi connectivity index (χ0v) is 12.0. The molecule has 0 aliphatic heterocycles.